The second-order valence-electron chi connectivity index (χ2n) is 4.57. The number of benzene rings is 1. The predicted molar refractivity (Wildman–Crippen MR) is 84.3 cm³/mol. The van der Waals surface area contributed by atoms with E-state index in [1.165, 1.54) is 5.56 Å². The molecule has 0 aliphatic rings. The van der Waals surface area contributed by atoms with Crippen molar-refractivity contribution in [3.8, 4) is 0 Å². The first-order valence-electron chi connectivity index (χ1n) is 6.31. The predicted octanol–water partition coefficient (Wildman–Crippen LogP) is 3.76. The summed E-state index contributed by atoms with van der Waals surface area (Å²) in [5, 5.41) is 0. The van der Waals surface area contributed by atoms with E-state index in [2.05, 4.69) is 50.9 Å². The number of rotatable bonds is 4. The topological polar surface area (TPSA) is 42.1 Å². The molecule has 0 amide bonds. The van der Waals surface area contributed by atoms with E-state index < -0.39 is 0 Å². The highest BCUT2D eigenvalue weighted by Gasteiger charge is 2.10. The minimum atomic E-state index is 0.793. The van der Waals surface area contributed by atoms with E-state index in [-0.39, 0.29) is 0 Å². The Bertz CT molecular complexity index is 552. The summed E-state index contributed by atoms with van der Waals surface area (Å²) in [5.74, 6) is 0.977. The van der Waals surface area contributed by atoms with E-state index in [1.54, 1.807) is 0 Å². The second kappa shape index (κ2) is 6.06. The summed E-state index contributed by atoms with van der Waals surface area (Å²) >= 11 is 3.59. The first-order chi connectivity index (χ1) is 9.10. The van der Waals surface area contributed by atoms with Gasteiger partial charge in [-0.2, -0.15) is 0 Å². The molecular weight excluding hydrogens is 302 g/mol. The maximum Gasteiger partial charge on any atom is 0.143 e. The van der Waals surface area contributed by atoms with E-state index in [4.69, 9.17) is 5.73 Å². The summed E-state index contributed by atoms with van der Waals surface area (Å²) in [4.78, 5) is 6.75. The van der Waals surface area contributed by atoms with Crippen molar-refractivity contribution >= 4 is 27.4 Å². The quantitative estimate of drug-likeness (QED) is 0.872. The molecule has 1 heterocycles. The molecule has 0 spiro atoms. The van der Waals surface area contributed by atoms with Crippen LogP contribution < -0.4 is 10.6 Å². The van der Waals surface area contributed by atoms with Crippen molar-refractivity contribution in [1.29, 1.82) is 0 Å². The Morgan fingerprint density at radius 2 is 1.95 bits per heavy atom. The number of nitrogen functional groups attached to an aromatic ring is 1. The van der Waals surface area contributed by atoms with Gasteiger partial charge in [0.15, 0.2) is 0 Å². The Kier molecular flexibility index (Phi) is 4.43. The third kappa shape index (κ3) is 3.47. The average Bonchev–Trinajstić information content (AvgIpc) is 2.39. The first-order valence-corrected chi connectivity index (χ1v) is 7.11. The lowest BCUT2D eigenvalue weighted by molar-refractivity contribution is 0.810. The summed E-state index contributed by atoms with van der Waals surface area (Å²) in [6.07, 6.45) is 1.89. The van der Waals surface area contributed by atoms with Crippen LogP contribution >= 0.6 is 15.9 Å². The largest absolute Gasteiger partial charge is 0.399 e. The van der Waals surface area contributed by atoms with Crippen LogP contribution in [0.15, 0.2) is 41.0 Å². The molecule has 0 unspecified atom stereocenters. The Balaban J connectivity index is 2.22. The van der Waals surface area contributed by atoms with Gasteiger partial charge in [0.2, 0.25) is 0 Å². The molecule has 2 N–H and O–H groups in total. The number of aromatic nitrogens is 1. The molecule has 0 saturated heterocycles. The minimum absolute atomic E-state index is 0.793. The molecule has 0 aliphatic heterocycles. The SMILES string of the molecule is CCN(Cc1ccc(N)cc1)c1ncc(C)cc1Br. The van der Waals surface area contributed by atoms with Crippen LogP contribution in [0, 0.1) is 6.92 Å². The molecule has 2 aromatic rings. The van der Waals surface area contributed by atoms with Gasteiger partial charge >= 0.3 is 0 Å². The number of pyridine rings is 1. The highest BCUT2D eigenvalue weighted by molar-refractivity contribution is 9.10. The molecule has 19 heavy (non-hydrogen) atoms. The van der Waals surface area contributed by atoms with Crippen molar-refractivity contribution in [3.05, 3.63) is 52.1 Å². The van der Waals surface area contributed by atoms with Gasteiger partial charge in [-0.1, -0.05) is 12.1 Å². The van der Waals surface area contributed by atoms with Crippen LogP contribution in [0.5, 0.6) is 0 Å². The highest BCUT2D eigenvalue weighted by atomic mass is 79.9. The Hall–Kier alpha value is -1.55. The first kappa shape index (κ1) is 13.9. The maximum atomic E-state index is 5.71. The van der Waals surface area contributed by atoms with E-state index in [1.807, 2.05) is 25.3 Å². The number of nitrogens with zero attached hydrogens (tertiary/aromatic N) is 2. The Morgan fingerprint density at radius 1 is 1.26 bits per heavy atom. The summed E-state index contributed by atoms with van der Waals surface area (Å²) in [5.41, 5.74) is 8.88. The van der Waals surface area contributed by atoms with Crippen LogP contribution in [0.2, 0.25) is 0 Å². The van der Waals surface area contributed by atoms with Crippen LogP contribution in [0.4, 0.5) is 11.5 Å². The summed E-state index contributed by atoms with van der Waals surface area (Å²) in [6.45, 7) is 5.90. The van der Waals surface area contributed by atoms with Gasteiger partial charge in [0.1, 0.15) is 5.82 Å². The molecule has 100 valence electrons. The third-order valence-electron chi connectivity index (χ3n) is 2.99. The molecule has 1 aromatic heterocycles. The van der Waals surface area contributed by atoms with Gasteiger partial charge in [-0.05, 0) is 59.1 Å². The monoisotopic (exact) mass is 319 g/mol. The van der Waals surface area contributed by atoms with Crippen molar-refractivity contribution in [2.75, 3.05) is 17.2 Å². The van der Waals surface area contributed by atoms with Gasteiger partial charge < -0.3 is 10.6 Å². The van der Waals surface area contributed by atoms with Crippen molar-refractivity contribution in [2.24, 2.45) is 0 Å². The van der Waals surface area contributed by atoms with Gasteiger partial charge in [0.05, 0.1) is 4.47 Å². The number of nitrogens with two attached hydrogens (primary N) is 1. The van der Waals surface area contributed by atoms with E-state index in [9.17, 15) is 0 Å². The molecule has 0 bridgehead atoms. The lowest BCUT2D eigenvalue weighted by Crippen LogP contribution is -2.23. The van der Waals surface area contributed by atoms with Crippen LogP contribution in [-0.4, -0.2) is 11.5 Å². The number of halogens is 1. The second-order valence-corrected chi connectivity index (χ2v) is 5.43. The van der Waals surface area contributed by atoms with Gasteiger partial charge in [0.25, 0.3) is 0 Å². The standard InChI is InChI=1S/C15H18BrN3/c1-3-19(10-12-4-6-13(17)7-5-12)15-14(16)8-11(2)9-18-15/h4-9H,3,10,17H2,1-2H3. The Labute approximate surface area is 122 Å². The number of hydrogen-bond acceptors (Lipinski definition) is 3. The fourth-order valence-electron chi connectivity index (χ4n) is 1.94. The molecule has 0 saturated carbocycles. The molecule has 0 aliphatic carbocycles. The van der Waals surface area contributed by atoms with Gasteiger partial charge in [0, 0.05) is 25.0 Å². The molecule has 2 rings (SSSR count). The molecule has 0 radical (unpaired) electrons. The summed E-state index contributed by atoms with van der Waals surface area (Å²) < 4.78 is 1.03. The number of anilines is 2. The zero-order valence-corrected chi connectivity index (χ0v) is 12.8. The fraction of sp³-hybridized carbons (Fsp3) is 0.267. The summed E-state index contributed by atoms with van der Waals surface area (Å²) in [6, 6.07) is 10.1. The number of hydrogen-bond donors (Lipinski definition) is 1. The van der Waals surface area contributed by atoms with Gasteiger partial charge in [-0.25, -0.2) is 4.98 Å². The molecule has 4 heteroatoms. The normalized spacial score (nSPS) is 10.5. The van der Waals surface area contributed by atoms with E-state index in [0.717, 1.165) is 34.6 Å². The number of aryl methyl sites for hydroxylation is 1. The van der Waals surface area contributed by atoms with Crippen molar-refractivity contribution in [1.82, 2.24) is 4.98 Å². The Morgan fingerprint density at radius 3 is 2.53 bits per heavy atom. The lowest BCUT2D eigenvalue weighted by Gasteiger charge is -2.23. The average molecular weight is 320 g/mol. The smallest absolute Gasteiger partial charge is 0.143 e. The lowest BCUT2D eigenvalue weighted by atomic mass is 10.2. The maximum absolute atomic E-state index is 5.71. The molecule has 3 nitrogen and oxygen atoms in total. The zero-order valence-electron chi connectivity index (χ0n) is 11.2. The summed E-state index contributed by atoms with van der Waals surface area (Å²) in [7, 11) is 0. The van der Waals surface area contributed by atoms with Crippen molar-refractivity contribution in [2.45, 2.75) is 20.4 Å². The van der Waals surface area contributed by atoms with Crippen LogP contribution in [0.1, 0.15) is 18.1 Å². The van der Waals surface area contributed by atoms with E-state index in [0.29, 0.717) is 0 Å². The van der Waals surface area contributed by atoms with Gasteiger partial charge in [-0.15, -0.1) is 0 Å². The van der Waals surface area contributed by atoms with Crippen LogP contribution in [0.25, 0.3) is 0 Å². The molecule has 1 aromatic carbocycles. The van der Waals surface area contributed by atoms with Crippen LogP contribution in [-0.2, 0) is 6.54 Å². The molecular formula is C15H18BrN3. The highest BCUT2D eigenvalue weighted by Crippen LogP contribution is 2.25. The van der Waals surface area contributed by atoms with Crippen LogP contribution in [0.3, 0.4) is 0 Å². The molecule has 0 atom stereocenters. The van der Waals surface area contributed by atoms with Crippen molar-refractivity contribution in [3.63, 3.8) is 0 Å². The minimum Gasteiger partial charge on any atom is -0.399 e. The zero-order chi connectivity index (χ0) is 13.8. The van der Waals surface area contributed by atoms with E-state index >= 15 is 0 Å². The third-order valence-corrected chi connectivity index (χ3v) is 3.58. The van der Waals surface area contributed by atoms with Crippen molar-refractivity contribution < 1.29 is 0 Å². The molecule has 0 fully saturated rings. The fourth-order valence-corrected chi connectivity index (χ4v) is 2.65. The van der Waals surface area contributed by atoms with Gasteiger partial charge in [-0.3, -0.25) is 0 Å².